The van der Waals surface area contributed by atoms with Crippen molar-refractivity contribution in [1.29, 1.82) is 0 Å². The van der Waals surface area contributed by atoms with E-state index in [1.54, 1.807) is 6.07 Å². The summed E-state index contributed by atoms with van der Waals surface area (Å²) in [5.74, 6) is 8.76. The van der Waals surface area contributed by atoms with Gasteiger partial charge in [0.05, 0.1) is 11.7 Å². The number of anilines is 1. The molecule has 0 aliphatic rings. The molecule has 0 aromatic heterocycles. The summed E-state index contributed by atoms with van der Waals surface area (Å²) < 4.78 is 17.1. The van der Waals surface area contributed by atoms with Gasteiger partial charge in [0.15, 0.2) is 0 Å². The average Bonchev–Trinajstić information content (AvgIpc) is 2.69. The molecule has 2 atom stereocenters. The molecule has 0 bridgehead atoms. The van der Waals surface area contributed by atoms with E-state index in [1.165, 1.54) is 11.6 Å². The maximum absolute atomic E-state index is 15.0. The normalized spacial score (nSPS) is 13.5. The summed E-state index contributed by atoms with van der Waals surface area (Å²) in [6.07, 6.45) is 3.40. The van der Waals surface area contributed by atoms with E-state index in [9.17, 15) is 0 Å². The van der Waals surface area contributed by atoms with Gasteiger partial charge in [-0.05, 0) is 63.9 Å². The van der Waals surface area contributed by atoms with Gasteiger partial charge in [-0.15, -0.1) is 9.39 Å². The van der Waals surface area contributed by atoms with E-state index in [1.807, 2.05) is 17.3 Å². The number of nitrogens with zero attached hydrogens (tertiary/aromatic N) is 1. The Morgan fingerprint density at radius 1 is 1.07 bits per heavy atom. The topological polar surface area (TPSA) is 15.3 Å². The van der Waals surface area contributed by atoms with E-state index >= 15 is 4.39 Å². The largest absolute Gasteiger partial charge is 0.385 e. The van der Waals surface area contributed by atoms with Crippen LogP contribution in [0.1, 0.15) is 51.2 Å². The molecular weight excluding hydrogens is 391 g/mol. The summed E-state index contributed by atoms with van der Waals surface area (Å²) >= 11 is 0. The number of rotatable bonds is 10. The Morgan fingerprint density at radius 3 is 2.27 bits per heavy atom. The SMILES string of the molecule is C=C(NC(C)CCCC)C(C)N(c1cc(C)ccc1F)S(=C)(=C)c1ccc(C)cc1. The summed E-state index contributed by atoms with van der Waals surface area (Å²) in [5, 5.41) is 3.53. The first-order chi connectivity index (χ1) is 14.1. The fourth-order valence-electron chi connectivity index (χ4n) is 3.56. The predicted molar refractivity (Wildman–Crippen MR) is 136 cm³/mol. The molecule has 0 saturated heterocycles. The van der Waals surface area contributed by atoms with Crippen molar-refractivity contribution in [3.05, 3.63) is 71.7 Å². The van der Waals surface area contributed by atoms with E-state index < -0.39 is 9.39 Å². The molecular formula is C26H37FN2S. The summed E-state index contributed by atoms with van der Waals surface area (Å²) in [7, 11) is -2.01. The zero-order chi connectivity index (χ0) is 22.5. The van der Waals surface area contributed by atoms with E-state index in [2.05, 4.69) is 75.6 Å². The van der Waals surface area contributed by atoms with Crippen LogP contribution in [0.2, 0.25) is 0 Å². The quantitative estimate of drug-likeness (QED) is 0.411. The summed E-state index contributed by atoms with van der Waals surface area (Å²) in [6.45, 7) is 14.7. The van der Waals surface area contributed by atoms with Gasteiger partial charge in [-0.3, -0.25) is 0 Å². The van der Waals surface area contributed by atoms with E-state index in [-0.39, 0.29) is 11.9 Å². The van der Waals surface area contributed by atoms with Crippen LogP contribution >= 0.6 is 9.39 Å². The third kappa shape index (κ3) is 5.69. The number of unbranched alkanes of at least 4 members (excludes halogenated alkanes) is 1. The molecule has 0 aliphatic carbocycles. The number of halogens is 1. The van der Waals surface area contributed by atoms with Crippen molar-refractivity contribution in [3.8, 4) is 0 Å². The molecule has 164 valence electrons. The van der Waals surface area contributed by atoms with E-state index in [0.717, 1.165) is 35.4 Å². The average molecular weight is 429 g/mol. The predicted octanol–water partition coefficient (Wildman–Crippen LogP) is 6.96. The lowest BCUT2D eigenvalue weighted by atomic mass is 10.1. The number of aryl methyl sites for hydroxylation is 2. The minimum atomic E-state index is -2.01. The lowest BCUT2D eigenvalue weighted by molar-refractivity contribution is 0.523. The van der Waals surface area contributed by atoms with E-state index in [0.29, 0.717) is 11.7 Å². The lowest BCUT2D eigenvalue weighted by Gasteiger charge is -2.40. The fourth-order valence-corrected chi connectivity index (χ4v) is 5.68. The van der Waals surface area contributed by atoms with Crippen LogP contribution in [0.4, 0.5) is 10.1 Å². The first-order valence-electron chi connectivity index (χ1n) is 10.6. The van der Waals surface area contributed by atoms with Gasteiger partial charge in [-0.2, -0.15) is 0 Å². The molecule has 1 N–H and O–H groups in total. The molecule has 2 rings (SSSR count). The summed E-state index contributed by atoms with van der Waals surface area (Å²) in [6, 6.07) is 13.5. The standard InChI is InChI=1S/C26H37FN2S/c1-9-10-11-21(4)28-22(5)23(6)29(26-18-20(3)14-17-25(26)27)30(7,8)24-15-12-19(2)13-16-24/h12-18,21,23,28H,5,7-11H2,1-4,6H3. The Balaban J connectivity index is 2.50. The molecule has 2 aromatic rings. The maximum atomic E-state index is 15.0. The molecule has 2 unspecified atom stereocenters. The van der Waals surface area contributed by atoms with Crippen molar-refractivity contribution in [2.75, 3.05) is 4.31 Å². The molecule has 0 spiro atoms. The van der Waals surface area contributed by atoms with Crippen molar-refractivity contribution in [3.63, 3.8) is 0 Å². The third-order valence-electron chi connectivity index (χ3n) is 5.45. The molecule has 4 heteroatoms. The van der Waals surface area contributed by atoms with Gasteiger partial charge in [-0.1, -0.05) is 61.8 Å². The van der Waals surface area contributed by atoms with Crippen molar-refractivity contribution >= 4 is 26.8 Å². The third-order valence-corrected chi connectivity index (χ3v) is 7.87. The van der Waals surface area contributed by atoms with Crippen molar-refractivity contribution in [2.45, 2.75) is 70.9 Å². The molecule has 0 fully saturated rings. The lowest BCUT2D eigenvalue weighted by Crippen LogP contribution is -2.39. The van der Waals surface area contributed by atoms with Crippen LogP contribution in [0.25, 0.3) is 0 Å². The van der Waals surface area contributed by atoms with Gasteiger partial charge in [0, 0.05) is 16.6 Å². The van der Waals surface area contributed by atoms with Gasteiger partial charge in [0.1, 0.15) is 5.82 Å². The van der Waals surface area contributed by atoms with Crippen LogP contribution in [-0.4, -0.2) is 23.8 Å². The number of nitrogens with one attached hydrogen (secondary N) is 1. The van der Waals surface area contributed by atoms with Gasteiger partial charge >= 0.3 is 0 Å². The maximum Gasteiger partial charge on any atom is 0.147 e. The van der Waals surface area contributed by atoms with Gasteiger partial charge < -0.3 is 9.62 Å². The summed E-state index contributed by atoms with van der Waals surface area (Å²) in [5.41, 5.74) is 3.55. The van der Waals surface area contributed by atoms with Crippen LogP contribution < -0.4 is 9.62 Å². The highest BCUT2D eigenvalue weighted by Crippen LogP contribution is 2.43. The minimum absolute atomic E-state index is 0.184. The highest BCUT2D eigenvalue weighted by atomic mass is 32.2. The Kier molecular flexibility index (Phi) is 8.19. The van der Waals surface area contributed by atoms with Crippen LogP contribution in [0, 0.1) is 19.7 Å². The van der Waals surface area contributed by atoms with Crippen molar-refractivity contribution in [2.24, 2.45) is 0 Å². The fraction of sp³-hybridized carbons (Fsp3) is 0.385. The first-order valence-corrected chi connectivity index (χ1v) is 12.6. The number of hydrogen-bond acceptors (Lipinski definition) is 2. The van der Waals surface area contributed by atoms with Crippen LogP contribution in [0.15, 0.2) is 59.6 Å². The monoisotopic (exact) mass is 428 g/mol. The molecule has 0 aliphatic heterocycles. The highest BCUT2D eigenvalue weighted by Gasteiger charge is 2.26. The Bertz CT molecular complexity index is 961. The van der Waals surface area contributed by atoms with E-state index in [4.69, 9.17) is 0 Å². The molecule has 30 heavy (non-hydrogen) atoms. The smallest absolute Gasteiger partial charge is 0.147 e. The molecule has 2 aromatic carbocycles. The Labute approximate surface area is 183 Å². The van der Waals surface area contributed by atoms with Crippen LogP contribution in [0.5, 0.6) is 0 Å². The zero-order valence-electron chi connectivity index (χ0n) is 19.2. The van der Waals surface area contributed by atoms with Crippen LogP contribution in [-0.2, 0) is 0 Å². The zero-order valence-corrected chi connectivity index (χ0v) is 20.0. The van der Waals surface area contributed by atoms with Gasteiger partial charge in [-0.25, -0.2) is 4.39 Å². The number of benzene rings is 2. The second kappa shape index (κ2) is 10.2. The van der Waals surface area contributed by atoms with Crippen molar-refractivity contribution < 1.29 is 4.39 Å². The van der Waals surface area contributed by atoms with Gasteiger partial charge in [0.25, 0.3) is 0 Å². The molecule has 0 saturated carbocycles. The molecule has 0 radical (unpaired) electrons. The summed E-state index contributed by atoms with van der Waals surface area (Å²) in [4.78, 5) is 1.01. The first kappa shape index (κ1) is 24.1. The highest BCUT2D eigenvalue weighted by molar-refractivity contribution is 8.28. The second-order valence-electron chi connectivity index (χ2n) is 8.32. The molecule has 2 nitrogen and oxygen atoms in total. The molecule has 0 heterocycles. The van der Waals surface area contributed by atoms with Crippen molar-refractivity contribution in [1.82, 2.24) is 5.32 Å². The van der Waals surface area contributed by atoms with Crippen LogP contribution in [0.3, 0.4) is 0 Å². The Hall–Kier alpha value is -2.20. The second-order valence-corrected chi connectivity index (χ2v) is 10.9. The number of hydrogen-bond donors (Lipinski definition) is 1. The minimum Gasteiger partial charge on any atom is -0.385 e. The Morgan fingerprint density at radius 2 is 1.67 bits per heavy atom. The molecule has 0 amide bonds. The van der Waals surface area contributed by atoms with Gasteiger partial charge in [0.2, 0.25) is 0 Å².